The number of phenolic OH excluding ortho intramolecular Hbond substituents is 1. The molecule has 0 unspecified atom stereocenters. The number of aryl methyl sites for hydroxylation is 3. The van der Waals surface area contributed by atoms with E-state index in [1.807, 2.05) is 13.8 Å². The standard InChI is InChI=1S/C13H20O2.C7H7FO.C5H13N.C2H2.CH2O/c1-5-7-11-9-13(15-4)12(14-3)8-10(11)6-2;1-5-2-3-6(8)7(9)4-5;1-3-4-5-6-2;2*1-2/h8-9H,5-7H2,1-4H3;2-4,9H,1H3;6H,3-5H2,1-2H3;1-2H;1H2. The summed E-state index contributed by atoms with van der Waals surface area (Å²) in [5, 5.41) is 11.8. The van der Waals surface area contributed by atoms with Gasteiger partial charge in [-0.3, -0.25) is 0 Å². The van der Waals surface area contributed by atoms with E-state index < -0.39 is 5.82 Å². The molecule has 2 rings (SSSR count). The molecule has 0 saturated carbocycles. The molecule has 2 aromatic rings. The summed E-state index contributed by atoms with van der Waals surface area (Å²) in [6, 6.07) is 8.42. The van der Waals surface area contributed by atoms with Crippen LogP contribution in [0.25, 0.3) is 0 Å². The van der Waals surface area contributed by atoms with Gasteiger partial charge in [0.25, 0.3) is 0 Å². The lowest BCUT2D eigenvalue weighted by molar-refractivity contribution is -0.0980. The maximum atomic E-state index is 12.2. The van der Waals surface area contributed by atoms with E-state index in [0.717, 1.165) is 42.9 Å². The number of carbonyl (C=O) groups is 1. The Morgan fingerprint density at radius 3 is 1.82 bits per heavy atom. The lowest BCUT2D eigenvalue weighted by Gasteiger charge is -2.13. The van der Waals surface area contributed by atoms with Crippen molar-refractivity contribution in [1.29, 1.82) is 0 Å². The van der Waals surface area contributed by atoms with Gasteiger partial charge >= 0.3 is 0 Å². The van der Waals surface area contributed by atoms with E-state index in [9.17, 15) is 4.39 Å². The quantitative estimate of drug-likeness (QED) is 0.354. The van der Waals surface area contributed by atoms with Crippen molar-refractivity contribution in [2.24, 2.45) is 0 Å². The average molecular weight is 478 g/mol. The molecule has 2 aromatic carbocycles. The van der Waals surface area contributed by atoms with Crippen LogP contribution >= 0.6 is 0 Å². The summed E-state index contributed by atoms with van der Waals surface area (Å²) in [6.45, 7) is 11.5. The van der Waals surface area contributed by atoms with Crippen LogP contribution in [0.2, 0.25) is 0 Å². The lowest BCUT2D eigenvalue weighted by Crippen LogP contribution is -2.06. The number of rotatable bonds is 8. The number of hydrogen-bond acceptors (Lipinski definition) is 5. The van der Waals surface area contributed by atoms with Gasteiger partial charge in [0.05, 0.1) is 14.2 Å². The second kappa shape index (κ2) is 24.6. The number of terminal acetylenes is 1. The highest BCUT2D eigenvalue weighted by Gasteiger charge is 2.09. The van der Waals surface area contributed by atoms with E-state index >= 15 is 0 Å². The fourth-order valence-electron chi connectivity index (χ4n) is 2.77. The van der Waals surface area contributed by atoms with E-state index in [4.69, 9.17) is 19.4 Å². The molecule has 6 heteroatoms. The molecule has 0 fully saturated rings. The first-order valence-electron chi connectivity index (χ1n) is 11.3. The number of halogens is 1. The zero-order valence-corrected chi connectivity index (χ0v) is 22.0. The van der Waals surface area contributed by atoms with Crippen molar-refractivity contribution in [3.05, 3.63) is 52.8 Å². The van der Waals surface area contributed by atoms with Crippen LogP contribution in [0, 0.1) is 25.6 Å². The molecule has 0 amide bonds. The fourth-order valence-corrected chi connectivity index (χ4v) is 2.77. The van der Waals surface area contributed by atoms with Crippen LogP contribution in [-0.2, 0) is 17.6 Å². The average Bonchev–Trinajstić information content (AvgIpc) is 2.88. The Bertz CT molecular complexity index is 774. The number of ether oxygens (including phenoxy) is 2. The van der Waals surface area contributed by atoms with Gasteiger partial charge in [-0.25, -0.2) is 4.39 Å². The third kappa shape index (κ3) is 15.7. The second-order valence-corrected chi connectivity index (χ2v) is 6.99. The largest absolute Gasteiger partial charge is 0.505 e. The Hall–Kier alpha value is -3.04. The molecular weight excluding hydrogens is 433 g/mol. The van der Waals surface area contributed by atoms with Crippen molar-refractivity contribution in [1.82, 2.24) is 5.32 Å². The number of carbonyl (C=O) groups excluding carboxylic acids is 1. The monoisotopic (exact) mass is 477 g/mol. The maximum absolute atomic E-state index is 12.2. The maximum Gasteiger partial charge on any atom is 0.164 e. The van der Waals surface area contributed by atoms with E-state index in [0.29, 0.717) is 0 Å². The molecule has 0 heterocycles. The predicted octanol–water partition coefficient (Wildman–Crippen LogP) is 6.13. The molecule has 0 radical (unpaired) electrons. The normalized spacial score (nSPS) is 8.76. The second-order valence-electron chi connectivity index (χ2n) is 6.99. The molecule has 0 bridgehead atoms. The Morgan fingerprint density at radius 2 is 1.50 bits per heavy atom. The van der Waals surface area contributed by atoms with Gasteiger partial charge in [0.2, 0.25) is 0 Å². The van der Waals surface area contributed by atoms with Gasteiger partial charge in [0.1, 0.15) is 6.79 Å². The molecule has 0 atom stereocenters. The van der Waals surface area contributed by atoms with Crippen molar-refractivity contribution in [3.63, 3.8) is 0 Å². The molecule has 2 N–H and O–H groups in total. The van der Waals surface area contributed by atoms with E-state index in [2.05, 4.69) is 51.1 Å². The number of aromatic hydroxyl groups is 1. The van der Waals surface area contributed by atoms with Crippen LogP contribution in [0.1, 0.15) is 56.7 Å². The molecule has 0 saturated heterocycles. The van der Waals surface area contributed by atoms with Crippen molar-refractivity contribution >= 4 is 6.79 Å². The van der Waals surface area contributed by atoms with Crippen LogP contribution in [0.15, 0.2) is 30.3 Å². The zero-order chi connectivity index (χ0) is 26.9. The summed E-state index contributed by atoms with van der Waals surface area (Å²) in [7, 11) is 5.34. The molecule has 0 aliphatic heterocycles. The van der Waals surface area contributed by atoms with Crippen molar-refractivity contribution in [2.45, 2.75) is 59.8 Å². The lowest BCUT2D eigenvalue weighted by atomic mass is 10.0. The van der Waals surface area contributed by atoms with Gasteiger partial charge < -0.3 is 24.7 Å². The Kier molecular flexibility index (Phi) is 25.7. The molecule has 0 aromatic heterocycles. The number of phenols is 1. The van der Waals surface area contributed by atoms with Crippen molar-refractivity contribution < 1.29 is 23.8 Å². The van der Waals surface area contributed by atoms with Crippen LogP contribution in [-0.4, -0.2) is 39.7 Å². The van der Waals surface area contributed by atoms with E-state index in [1.54, 1.807) is 27.2 Å². The third-order valence-electron chi connectivity index (χ3n) is 4.49. The smallest absolute Gasteiger partial charge is 0.164 e. The van der Waals surface area contributed by atoms with Gasteiger partial charge in [-0.15, -0.1) is 12.8 Å². The summed E-state index contributed by atoms with van der Waals surface area (Å²) in [5.41, 5.74) is 3.58. The minimum atomic E-state index is -0.569. The Morgan fingerprint density at radius 1 is 0.971 bits per heavy atom. The number of hydrogen-bond donors (Lipinski definition) is 2. The van der Waals surface area contributed by atoms with Gasteiger partial charge in [-0.2, -0.15) is 0 Å². The van der Waals surface area contributed by atoms with Gasteiger partial charge in [-0.05, 0) is 80.7 Å². The number of methoxy groups -OCH3 is 2. The van der Waals surface area contributed by atoms with E-state index in [1.165, 1.54) is 36.1 Å². The third-order valence-corrected chi connectivity index (χ3v) is 4.49. The molecule has 192 valence electrons. The van der Waals surface area contributed by atoms with Gasteiger partial charge in [0.15, 0.2) is 23.1 Å². The minimum Gasteiger partial charge on any atom is -0.505 e. The molecule has 0 aliphatic carbocycles. The first-order chi connectivity index (χ1) is 16.4. The van der Waals surface area contributed by atoms with Crippen LogP contribution in [0.5, 0.6) is 17.2 Å². The number of nitrogens with one attached hydrogen (secondary N) is 1. The molecule has 0 spiro atoms. The SMILES string of the molecule is C#C.C=O.CCCCNC.CCCc1cc(OC)c(OC)cc1CC.Cc1ccc(F)c(O)c1. The summed E-state index contributed by atoms with van der Waals surface area (Å²) in [4.78, 5) is 8.00. The zero-order valence-electron chi connectivity index (χ0n) is 22.0. The molecule has 5 nitrogen and oxygen atoms in total. The molecule has 34 heavy (non-hydrogen) atoms. The summed E-state index contributed by atoms with van der Waals surface area (Å²) in [6.07, 6.45) is 13.9. The Labute approximate surface area is 206 Å². The number of benzene rings is 2. The molecular formula is C28H44FNO4. The molecule has 0 aliphatic rings. The minimum absolute atomic E-state index is 0.282. The summed E-state index contributed by atoms with van der Waals surface area (Å²) < 4.78 is 22.8. The summed E-state index contributed by atoms with van der Waals surface area (Å²) >= 11 is 0. The van der Waals surface area contributed by atoms with Crippen molar-refractivity contribution in [2.75, 3.05) is 27.8 Å². The highest BCUT2D eigenvalue weighted by Crippen LogP contribution is 2.31. The Balaban J connectivity index is -0.000000431. The summed E-state index contributed by atoms with van der Waals surface area (Å²) in [5.74, 6) is 0.808. The van der Waals surface area contributed by atoms with E-state index in [-0.39, 0.29) is 5.75 Å². The van der Waals surface area contributed by atoms with Crippen LogP contribution in [0.4, 0.5) is 4.39 Å². The fraction of sp³-hybridized carbons (Fsp3) is 0.464. The topological polar surface area (TPSA) is 67.8 Å². The highest BCUT2D eigenvalue weighted by atomic mass is 19.1. The van der Waals surface area contributed by atoms with Gasteiger partial charge in [-0.1, -0.05) is 39.7 Å². The van der Waals surface area contributed by atoms with Crippen LogP contribution < -0.4 is 14.8 Å². The number of unbranched alkanes of at least 4 members (excludes halogenated alkanes) is 1. The predicted molar refractivity (Wildman–Crippen MR) is 142 cm³/mol. The van der Waals surface area contributed by atoms with Crippen LogP contribution in [0.3, 0.4) is 0 Å². The van der Waals surface area contributed by atoms with Gasteiger partial charge in [0, 0.05) is 0 Å². The first-order valence-corrected chi connectivity index (χ1v) is 11.3. The first kappa shape index (κ1) is 35.5. The highest BCUT2D eigenvalue weighted by molar-refractivity contribution is 5.47. The van der Waals surface area contributed by atoms with Crippen molar-refractivity contribution in [3.8, 4) is 30.1 Å².